The van der Waals surface area contributed by atoms with E-state index in [1.54, 1.807) is 42.5 Å². The van der Waals surface area contributed by atoms with Gasteiger partial charge in [0.1, 0.15) is 11.6 Å². The van der Waals surface area contributed by atoms with Crippen molar-refractivity contribution in [2.24, 2.45) is 0 Å². The summed E-state index contributed by atoms with van der Waals surface area (Å²) in [5.74, 6) is -0.460. The fraction of sp³-hybridized carbons (Fsp3) is 0.0690. The molecule has 4 aromatic rings. The van der Waals surface area contributed by atoms with E-state index in [0.29, 0.717) is 29.2 Å². The van der Waals surface area contributed by atoms with Gasteiger partial charge in [-0.25, -0.2) is 4.79 Å². The van der Waals surface area contributed by atoms with Gasteiger partial charge in [-0.2, -0.15) is 5.26 Å². The minimum Gasteiger partial charge on any atom is -0.490 e. The van der Waals surface area contributed by atoms with Crippen LogP contribution in [0.15, 0.2) is 90.5 Å². The van der Waals surface area contributed by atoms with Crippen LogP contribution >= 0.6 is 22.6 Å². The van der Waals surface area contributed by atoms with Crippen molar-refractivity contribution in [1.82, 2.24) is 0 Å². The summed E-state index contributed by atoms with van der Waals surface area (Å²) >= 11 is 2.17. The number of anilines is 1. The highest BCUT2D eigenvalue weighted by Crippen LogP contribution is 2.31. The molecule has 7 heteroatoms. The van der Waals surface area contributed by atoms with Gasteiger partial charge in [-0.05, 0) is 94.4 Å². The second-order valence-corrected chi connectivity index (χ2v) is 8.93. The number of nitrogens with zero attached hydrogens (tertiary/aromatic N) is 1. The van der Waals surface area contributed by atoms with Gasteiger partial charge in [-0.15, -0.1) is 0 Å². The number of carbonyl (C=O) groups is 2. The van der Waals surface area contributed by atoms with Crippen LogP contribution in [0.1, 0.15) is 22.8 Å². The highest BCUT2D eigenvalue weighted by atomic mass is 127. The standard InChI is InChI=1S/C29H21IN2O4/c1-2-35-27-17-19(16-21(18-31)28(33)32-23-13-11-22(30)12-14-23)10-15-26(27)36-29(34)25-9-5-7-20-6-3-4-8-24(20)25/h3-17H,2H2,1H3,(H,32,33)/b21-16+. The maximum atomic E-state index is 13.0. The van der Waals surface area contributed by atoms with Crippen molar-refractivity contribution in [2.75, 3.05) is 11.9 Å². The molecule has 4 rings (SSSR count). The molecule has 0 saturated heterocycles. The quantitative estimate of drug-likeness (QED) is 0.0864. The molecule has 0 atom stereocenters. The van der Waals surface area contributed by atoms with Crippen molar-refractivity contribution in [3.63, 3.8) is 0 Å². The van der Waals surface area contributed by atoms with Gasteiger partial charge in [0, 0.05) is 9.26 Å². The molecule has 178 valence electrons. The Balaban J connectivity index is 1.58. The van der Waals surface area contributed by atoms with Crippen LogP contribution in [0.3, 0.4) is 0 Å². The molecule has 0 aliphatic carbocycles. The summed E-state index contributed by atoms with van der Waals surface area (Å²) in [5, 5.41) is 14.0. The topological polar surface area (TPSA) is 88.4 Å². The van der Waals surface area contributed by atoms with Gasteiger partial charge in [-0.1, -0.05) is 42.5 Å². The predicted octanol–water partition coefficient (Wildman–Crippen LogP) is 6.61. The molecular formula is C29H21IN2O4. The number of hydrogen-bond donors (Lipinski definition) is 1. The number of rotatable bonds is 7. The summed E-state index contributed by atoms with van der Waals surface area (Å²) in [6.07, 6.45) is 1.46. The fourth-order valence-electron chi connectivity index (χ4n) is 3.57. The molecule has 0 fully saturated rings. The van der Waals surface area contributed by atoms with Crippen LogP contribution in [0.2, 0.25) is 0 Å². The Bertz CT molecular complexity index is 1500. The number of benzene rings is 4. The summed E-state index contributed by atoms with van der Waals surface area (Å²) in [6.45, 7) is 2.15. The highest BCUT2D eigenvalue weighted by Gasteiger charge is 2.16. The number of carbonyl (C=O) groups excluding carboxylic acids is 2. The zero-order chi connectivity index (χ0) is 25.5. The number of amides is 1. The third-order valence-corrected chi connectivity index (χ3v) is 5.98. The Labute approximate surface area is 222 Å². The lowest BCUT2D eigenvalue weighted by Crippen LogP contribution is -2.13. The number of fused-ring (bicyclic) bond motifs is 1. The van der Waals surface area contributed by atoms with E-state index in [1.165, 1.54) is 6.08 Å². The summed E-state index contributed by atoms with van der Waals surface area (Å²) in [7, 11) is 0. The first-order valence-corrected chi connectivity index (χ1v) is 12.2. The second kappa shape index (κ2) is 11.5. The average Bonchev–Trinajstić information content (AvgIpc) is 2.89. The van der Waals surface area contributed by atoms with Crippen LogP contribution in [0.25, 0.3) is 16.8 Å². The molecule has 1 N–H and O–H groups in total. The minimum atomic E-state index is -0.525. The number of nitrogens with one attached hydrogen (secondary N) is 1. The summed E-state index contributed by atoms with van der Waals surface area (Å²) in [6, 6.07) is 27.1. The van der Waals surface area contributed by atoms with Crippen LogP contribution in [-0.2, 0) is 4.79 Å². The second-order valence-electron chi connectivity index (χ2n) is 7.69. The largest absolute Gasteiger partial charge is 0.490 e. The smallest absolute Gasteiger partial charge is 0.344 e. The zero-order valence-electron chi connectivity index (χ0n) is 19.3. The minimum absolute atomic E-state index is 0.0727. The van der Waals surface area contributed by atoms with E-state index in [4.69, 9.17) is 9.47 Å². The van der Waals surface area contributed by atoms with Gasteiger partial charge >= 0.3 is 5.97 Å². The van der Waals surface area contributed by atoms with Crippen LogP contribution in [0.4, 0.5) is 5.69 Å². The highest BCUT2D eigenvalue weighted by molar-refractivity contribution is 14.1. The Morgan fingerprint density at radius 1 is 0.972 bits per heavy atom. The van der Waals surface area contributed by atoms with Crippen molar-refractivity contribution in [3.05, 3.63) is 105 Å². The molecule has 1 amide bonds. The SMILES string of the molecule is CCOc1cc(/C=C(\C#N)C(=O)Nc2ccc(I)cc2)ccc1OC(=O)c1cccc2ccccc12. The van der Waals surface area contributed by atoms with E-state index in [2.05, 4.69) is 27.9 Å². The number of ether oxygens (including phenoxy) is 2. The van der Waals surface area contributed by atoms with Gasteiger partial charge in [0.05, 0.1) is 12.2 Å². The van der Waals surface area contributed by atoms with Gasteiger partial charge in [-0.3, -0.25) is 4.79 Å². The zero-order valence-corrected chi connectivity index (χ0v) is 21.5. The lowest BCUT2D eigenvalue weighted by molar-refractivity contribution is -0.112. The molecule has 0 saturated carbocycles. The van der Waals surface area contributed by atoms with E-state index < -0.39 is 11.9 Å². The lowest BCUT2D eigenvalue weighted by atomic mass is 10.0. The van der Waals surface area contributed by atoms with E-state index in [9.17, 15) is 14.9 Å². The van der Waals surface area contributed by atoms with Crippen molar-refractivity contribution in [2.45, 2.75) is 6.92 Å². The average molecular weight is 588 g/mol. The van der Waals surface area contributed by atoms with E-state index in [1.807, 2.05) is 55.5 Å². The van der Waals surface area contributed by atoms with Gasteiger partial charge in [0.25, 0.3) is 5.91 Å². The number of esters is 1. The first kappa shape index (κ1) is 24.9. The first-order chi connectivity index (χ1) is 17.5. The maximum Gasteiger partial charge on any atom is 0.344 e. The molecule has 0 radical (unpaired) electrons. The maximum absolute atomic E-state index is 13.0. The van der Waals surface area contributed by atoms with Gasteiger partial charge < -0.3 is 14.8 Å². The van der Waals surface area contributed by atoms with Crippen LogP contribution in [0, 0.1) is 14.9 Å². The molecule has 6 nitrogen and oxygen atoms in total. The predicted molar refractivity (Wildman–Crippen MR) is 148 cm³/mol. The third kappa shape index (κ3) is 5.90. The van der Waals surface area contributed by atoms with E-state index >= 15 is 0 Å². The number of halogens is 1. The monoisotopic (exact) mass is 588 g/mol. The molecule has 0 bridgehead atoms. The van der Waals surface area contributed by atoms with Crippen molar-refractivity contribution in [3.8, 4) is 17.6 Å². The van der Waals surface area contributed by atoms with Gasteiger partial charge in [0.2, 0.25) is 0 Å². The number of hydrogen-bond acceptors (Lipinski definition) is 5. The van der Waals surface area contributed by atoms with Gasteiger partial charge in [0.15, 0.2) is 11.5 Å². The molecule has 0 aliphatic rings. The van der Waals surface area contributed by atoms with E-state index in [-0.39, 0.29) is 11.3 Å². The summed E-state index contributed by atoms with van der Waals surface area (Å²) in [4.78, 5) is 25.6. The van der Waals surface area contributed by atoms with Crippen molar-refractivity contribution >= 4 is 57.0 Å². The van der Waals surface area contributed by atoms with Crippen LogP contribution in [-0.4, -0.2) is 18.5 Å². The molecular weight excluding hydrogens is 567 g/mol. The molecule has 0 heterocycles. The molecule has 36 heavy (non-hydrogen) atoms. The summed E-state index contributed by atoms with van der Waals surface area (Å²) < 4.78 is 12.4. The normalized spacial score (nSPS) is 11.0. The lowest BCUT2D eigenvalue weighted by Gasteiger charge is -2.12. The Morgan fingerprint density at radius 3 is 2.47 bits per heavy atom. The van der Waals surface area contributed by atoms with Crippen LogP contribution in [0.5, 0.6) is 11.5 Å². The Morgan fingerprint density at radius 2 is 1.72 bits per heavy atom. The van der Waals surface area contributed by atoms with Crippen molar-refractivity contribution < 1.29 is 19.1 Å². The Hall–Kier alpha value is -4.16. The molecule has 0 aliphatic heterocycles. The first-order valence-electron chi connectivity index (χ1n) is 11.1. The third-order valence-electron chi connectivity index (χ3n) is 5.26. The molecule has 0 spiro atoms. The number of nitriles is 1. The Kier molecular flexibility index (Phi) is 7.98. The molecule has 4 aromatic carbocycles. The summed E-state index contributed by atoms with van der Waals surface area (Å²) in [5.41, 5.74) is 1.51. The van der Waals surface area contributed by atoms with E-state index in [0.717, 1.165) is 14.3 Å². The molecule has 0 aromatic heterocycles. The van der Waals surface area contributed by atoms with Crippen molar-refractivity contribution in [1.29, 1.82) is 5.26 Å². The van der Waals surface area contributed by atoms with Crippen LogP contribution < -0.4 is 14.8 Å². The fourth-order valence-corrected chi connectivity index (χ4v) is 3.93. The molecule has 0 unspecified atom stereocenters.